The van der Waals surface area contributed by atoms with Crippen LogP contribution >= 0.6 is 0 Å². The first-order valence-corrected chi connectivity index (χ1v) is 15.5. The number of rotatable bonds is 3. The maximum Gasteiger partial charge on any atom is 0.143 e. The van der Waals surface area contributed by atoms with Gasteiger partial charge in [0.25, 0.3) is 0 Å². The van der Waals surface area contributed by atoms with Crippen molar-refractivity contribution in [3.63, 3.8) is 0 Å². The van der Waals surface area contributed by atoms with Crippen LogP contribution in [0.3, 0.4) is 0 Å². The first-order valence-electron chi connectivity index (χ1n) is 15.5. The highest BCUT2D eigenvalue weighted by molar-refractivity contribution is 6.27. The molecule has 208 valence electrons. The Hall–Kier alpha value is -5.92. The van der Waals surface area contributed by atoms with E-state index in [1.165, 1.54) is 65.3 Å². The van der Waals surface area contributed by atoms with Crippen LogP contribution in [0, 0.1) is 0 Å². The van der Waals surface area contributed by atoms with E-state index in [-0.39, 0.29) is 0 Å². The van der Waals surface area contributed by atoms with E-state index in [1.807, 2.05) is 12.1 Å². The normalized spacial score (nSPS) is 12.0. The standard InChI is InChI=1S/C44H26O/c1-2-7-27(8-3-1)34-21-17-28-20-24-39-35(22-18-29-19-23-38(34)42(28)43(29)39)32-15-13-31-26-33(16-14-30(31)25-32)36-10-6-11-40-37-9-4-5-12-41(37)45-44(36)40/h1-26H. The molecule has 0 amide bonds. The SMILES string of the molecule is c1ccc(-c2ccc3ccc4c(-c5ccc6cc(-c7cccc8c7oc7ccccc78)ccc6c5)ccc5ccc2c3c54)cc1. The van der Waals surface area contributed by atoms with Gasteiger partial charge in [-0.2, -0.15) is 0 Å². The Morgan fingerprint density at radius 2 is 0.867 bits per heavy atom. The fraction of sp³-hybridized carbons (Fsp3) is 0. The number of benzene rings is 9. The van der Waals surface area contributed by atoms with Crippen molar-refractivity contribution in [3.05, 3.63) is 158 Å². The number of hydrogen-bond acceptors (Lipinski definition) is 1. The van der Waals surface area contributed by atoms with Crippen LogP contribution in [0.25, 0.3) is 98.4 Å². The van der Waals surface area contributed by atoms with Crippen molar-refractivity contribution in [1.29, 1.82) is 0 Å². The molecule has 45 heavy (non-hydrogen) atoms. The van der Waals surface area contributed by atoms with Gasteiger partial charge in [0.2, 0.25) is 0 Å². The molecule has 0 bridgehead atoms. The lowest BCUT2D eigenvalue weighted by atomic mass is 9.87. The Kier molecular flexibility index (Phi) is 5.06. The molecule has 0 fully saturated rings. The topological polar surface area (TPSA) is 13.1 Å². The molecule has 1 heteroatoms. The summed E-state index contributed by atoms with van der Waals surface area (Å²) in [6.45, 7) is 0. The van der Waals surface area contributed by atoms with Gasteiger partial charge in [0.1, 0.15) is 11.2 Å². The Morgan fingerprint density at radius 3 is 1.58 bits per heavy atom. The fourth-order valence-electron chi connectivity index (χ4n) is 7.48. The maximum absolute atomic E-state index is 6.35. The lowest BCUT2D eigenvalue weighted by molar-refractivity contribution is 0.670. The molecule has 0 unspecified atom stereocenters. The second-order valence-electron chi connectivity index (χ2n) is 12.1. The van der Waals surface area contributed by atoms with E-state index >= 15 is 0 Å². The molecule has 0 saturated carbocycles. The van der Waals surface area contributed by atoms with Crippen molar-refractivity contribution in [1.82, 2.24) is 0 Å². The highest BCUT2D eigenvalue weighted by Gasteiger charge is 2.16. The summed E-state index contributed by atoms with van der Waals surface area (Å²) in [7, 11) is 0. The molecule has 0 radical (unpaired) electrons. The average molecular weight is 571 g/mol. The van der Waals surface area contributed by atoms with E-state index in [0.29, 0.717) is 0 Å². The van der Waals surface area contributed by atoms with Crippen molar-refractivity contribution >= 4 is 65.0 Å². The molecule has 0 atom stereocenters. The van der Waals surface area contributed by atoms with E-state index in [1.54, 1.807) is 0 Å². The average Bonchev–Trinajstić information content (AvgIpc) is 3.49. The highest BCUT2D eigenvalue weighted by atomic mass is 16.3. The summed E-state index contributed by atoms with van der Waals surface area (Å²) in [4.78, 5) is 0. The quantitative estimate of drug-likeness (QED) is 0.193. The summed E-state index contributed by atoms with van der Waals surface area (Å²) in [5.41, 5.74) is 9.18. The van der Waals surface area contributed by atoms with Crippen LogP contribution in [0.2, 0.25) is 0 Å². The van der Waals surface area contributed by atoms with Gasteiger partial charge in [-0.15, -0.1) is 0 Å². The van der Waals surface area contributed by atoms with Crippen molar-refractivity contribution < 1.29 is 4.42 Å². The molecule has 0 aliphatic heterocycles. The molecule has 1 heterocycles. The van der Waals surface area contributed by atoms with E-state index < -0.39 is 0 Å². The summed E-state index contributed by atoms with van der Waals surface area (Å²) in [6.07, 6.45) is 0. The van der Waals surface area contributed by atoms with Gasteiger partial charge in [-0.25, -0.2) is 0 Å². The zero-order chi connectivity index (χ0) is 29.5. The molecule has 9 aromatic carbocycles. The van der Waals surface area contributed by atoms with Gasteiger partial charge in [0.05, 0.1) is 0 Å². The molecule has 10 aromatic rings. The molecule has 0 aliphatic carbocycles. The van der Waals surface area contributed by atoms with Gasteiger partial charge in [0, 0.05) is 16.3 Å². The second kappa shape index (κ2) is 9.29. The Labute approximate surface area is 259 Å². The molecular formula is C44H26O. The van der Waals surface area contributed by atoms with Crippen molar-refractivity contribution in [3.8, 4) is 33.4 Å². The number of fused-ring (bicyclic) bond motifs is 4. The van der Waals surface area contributed by atoms with Gasteiger partial charge in [0.15, 0.2) is 0 Å². The molecule has 1 nitrogen and oxygen atoms in total. The Bertz CT molecular complexity index is 2750. The third kappa shape index (κ3) is 3.62. The third-order valence-electron chi connectivity index (χ3n) is 9.62. The van der Waals surface area contributed by atoms with Crippen LogP contribution < -0.4 is 0 Å². The predicted molar refractivity (Wildman–Crippen MR) is 191 cm³/mol. The Morgan fingerprint density at radius 1 is 0.311 bits per heavy atom. The van der Waals surface area contributed by atoms with E-state index in [2.05, 4.69) is 146 Å². The first kappa shape index (κ1) is 24.5. The molecular weight excluding hydrogens is 544 g/mol. The largest absolute Gasteiger partial charge is 0.455 e. The lowest BCUT2D eigenvalue weighted by Crippen LogP contribution is -1.89. The molecule has 0 aliphatic rings. The van der Waals surface area contributed by atoms with Crippen LogP contribution in [0.4, 0.5) is 0 Å². The van der Waals surface area contributed by atoms with Crippen molar-refractivity contribution in [2.45, 2.75) is 0 Å². The van der Waals surface area contributed by atoms with Crippen molar-refractivity contribution in [2.24, 2.45) is 0 Å². The highest BCUT2D eigenvalue weighted by Crippen LogP contribution is 2.43. The number of para-hydroxylation sites is 2. The summed E-state index contributed by atoms with van der Waals surface area (Å²) in [6, 6.07) is 57.4. The lowest BCUT2D eigenvalue weighted by Gasteiger charge is -2.17. The van der Waals surface area contributed by atoms with E-state index in [4.69, 9.17) is 4.42 Å². The smallest absolute Gasteiger partial charge is 0.143 e. The van der Waals surface area contributed by atoms with Crippen LogP contribution in [0.1, 0.15) is 0 Å². The zero-order valence-corrected chi connectivity index (χ0v) is 24.4. The number of furan rings is 1. The predicted octanol–water partition coefficient (Wildman–Crippen LogP) is 12.6. The first-order chi connectivity index (χ1) is 22.3. The van der Waals surface area contributed by atoms with E-state index in [9.17, 15) is 0 Å². The minimum atomic E-state index is 0.926. The van der Waals surface area contributed by atoms with Crippen LogP contribution in [0.15, 0.2) is 162 Å². The summed E-state index contributed by atoms with van der Waals surface area (Å²) in [5.74, 6) is 0. The fourth-order valence-corrected chi connectivity index (χ4v) is 7.48. The van der Waals surface area contributed by atoms with Gasteiger partial charge >= 0.3 is 0 Å². The summed E-state index contributed by atoms with van der Waals surface area (Å²) >= 11 is 0. The maximum atomic E-state index is 6.35. The minimum absolute atomic E-state index is 0.926. The van der Waals surface area contributed by atoms with Crippen molar-refractivity contribution in [2.75, 3.05) is 0 Å². The minimum Gasteiger partial charge on any atom is -0.455 e. The van der Waals surface area contributed by atoms with E-state index in [0.717, 1.165) is 33.1 Å². The Balaban J connectivity index is 1.12. The molecule has 0 N–H and O–H groups in total. The molecule has 0 spiro atoms. The van der Waals surface area contributed by atoms with Gasteiger partial charge in [-0.3, -0.25) is 0 Å². The third-order valence-corrected chi connectivity index (χ3v) is 9.62. The second-order valence-corrected chi connectivity index (χ2v) is 12.1. The monoisotopic (exact) mass is 570 g/mol. The van der Waals surface area contributed by atoms with Crippen LogP contribution in [0.5, 0.6) is 0 Å². The van der Waals surface area contributed by atoms with Crippen LogP contribution in [-0.2, 0) is 0 Å². The molecule has 1 aromatic heterocycles. The molecule has 0 saturated heterocycles. The van der Waals surface area contributed by atoms with Gasteiger partial charge < -0.3 is 4.42 Å². The number of hydrogen-bond donors (Lipinski definition) is 0. The molecule has 10 rings (SSSR count). The van der Waals surface area contributed by atoms with Gasteiger partial charge in [-0.05, 0) is 89.1 Å². The zero-order valence-electron chi connectivity index (χ0n) is 24.4. The van der Waals surface area contributed by atoms with Crippen LogP contribution in [-0.4, -0.2) is 0 Å². The van der Waals surface area contributed by atoms with Gasteiger partial charge in [-0.1, -0.05) is 140 Å². The summed E-state index contributed by atoms with van der Waals surface area (Å²) in [5, 5.41) is 12.6. The summed E-state index contributed by atoms with van der Waals surface area (Å²) < 4.78 is 6.35.